The predicted octanol–water partition coefficient (Wildman–Crippen LogP) is -3.07. The summed E-state index contributed by atoms with van der Waals surface area (Å²) in [5.41, 5.74) is 4.06. The van der Waals surface area contributed by atoms with Crippen LogP contribution in [0.15, 0.2) is 91.6 Å². The number of aromatic nitrogens is 11. The zero-order valence-electron chi connectivity index (χ0n) is 57.5. The summed E-state index contributed by atoms with van der Waals surface area (Å²) in [6.45, 7) is 9.51. The summed E-state index contributed by atoms with van der Waals surface area (Å²) in [6, 6.07) is 20.1. The first-order chi connectivity index (χ1) is 50.2. The molecule has 20 unspecified atom stereocenters. The number of aryl methyl sites for hydroxylation is 2. The molecule has 6 aliphatic heterocycles. The minimum Gasteiger partial charge on any atom is -0.456 e. The molecule has 36 nitrogen and oxygen atoms in total. The fraction of sp³-hybridized carbons (Fsp3) is 0.588. The molecular formula is C68H89N15O21. The summed E-state index contributed by atoms with van der Waals surface area (Å²) in [7, 11) is 0. The van der Waals surface area contributed by atoms with Crippen molar-refractivity contribution in [2.45, 2.75) is 195 Å². The number of carbonyl (C=O) groups excluding carboxylic acids is 1. The lowest BCUT2D eigenvalue weighted by molar-refractivity contribution is -0.347. The lowest BCUT2D eigenvalue weighted by Crippen LogP contribution is -2.63. The van der Waals surface area contributed by atoms with Crippen LogP contribution in [0.4, 0.5) is 11.4 Å². The summed E-state index contributed by atoms with van der Waals surface area (Å²) in [5.74, 6) is 0.425. The topological polar surface area (TPSA) is 468 Å². The Morgan fingerprint density at radius 1 is 0.548 bits per heavy atom. The highest BCUT2D eigenvalue weighted by atomic mass is 16.7. The van der Waals surface area contributed by atoms with Crippen LogP contribution in [0.1, 0.15) is 96.3 Å². The van der Waals surface area contributed by atoms with Crippen molar-refractivity contribution in [2.24, 2.45) is 5.92 Å². The number of carbonyl (C=O) groups is 1. The van der Waals surface area contributed by atoms with Crippen LogP contribution in [0.5, 0.6) is 11.5 Å². The Bertz CT molecular complexity index is 4050. The molecule has 4 aromatic heterocycles. The van der Waals surface area contributed by atoms with E-state index >= 15 is 4.79 Å². The van der Waals surface area contributed by atoms with Crippen LogP contribution in [0, 0.1) is 5.92 Å². The van der Waals surface area contributed by atoms with Crippen LogP contribution in [-0.2, 0) is 73.2 Å². The Kier molecular flexibility index (Phi) is 21.1. The van der Waals surface area contributed by atoms with Gasteiger partial charge in [0.2, 0.25) is 0 Å². The van der Waals surface area contributed by atoms with Crippen molar-refractivity contribution in [3.63, 3.8) is 0 Å². The van der Waals surface area contributed by atoms with Crippen molar-refractivity contribution >= 4 is 17.3 Å². The number of hydrogen-bond acceptors (Lipinski definition) is 31. The smallest absolute Gasteiger partial charge is 0.255 e. The van der Waals surface area contributed by atoms with E-state index in [0.29, 0.717) is 34.0 Å². The summed E-state index contributed by atoms with van der Waals surface area (Å²) in [5, 5.41) is 171. The number of rotatable bonds is 27. The minimum absolute atomic E-state index is 0.000307. The van der Waals surface area contributed by atoms with E-state index in [2.05, 4.69) is 110 Å². The van der Waals surface area contributed by atoms with Crippen LogP contribution in [0.3, 0.4) is 0 Å². The average Bonchev–Trinajstić information content (AvgIpc) is 1.47. The molecule has 104 heavy (non-hydrogen) atoms. The number of aliphatic hydroxyl groups is 13. The molecule has 562 valence electrons. The fourth-order valence-corrected chi connectivity index (χ4v) is 15.5. The molecule has 1 saturated carbocycles. The number of nitrogens with zero attached hydrogens (tertiary/aromatic N) is 15. The molecule has 14 rings (SSSR count). The molecule has 0 bridgehead atoms. The largest absolute Gasteiger partial charge is 0.456 e. The number of anilines is 2. The molecule has 36 heteroatoms. The molecule has 3 aromatic carbocycles. The van der Waals surface area contributed by atoms with E-state index in [1.807, 2.05) is 34.1 Å². The van der Waals surface area contributed by atoms with Crippen LogP contribution in [-0.4, -0.2) is 293 Å². The van der Waals surface area contributed by atoms with Gasteiger partial charge in [0, 0.05) is 110 Å². The van der Waals surface area contributed by atoms with Gasteiger partial charge in [0.1, 0.15) is 108 Å². The van der Waals surface area contributed by atoms with E-state index in [4.69, 9.17) is 33.2 Å². The van der Waals surface area contributed by atoms with Crippen LogP contribution in [0.2, 0.25) is 0 Å². The van der Waals surface area contributed by atoms with Gasteiger partial charge in [0.05, 0.1) is 82.1 Å². The second-order valence-electron chi connectivity index (χ2n) is 27.4. The van der Waals surface area contributed by atoms with Gasteiger partial charge in [-0.05, 0) is 57.9 Å². The maximum atomic E-state index is 15.1. The fourth-order valence-electron chi connectivity index (χ4n) is 15.5. The number of ether oxygens (including phenoxy) is 7. The van der Waals surface area contributed by atoms with E-state index in [1.165, 1.54) is 17.1 Å². The van der Waals surface area contributed by atoms with Gasteiger partial charge >= 0.3 is 0 Å². The highest BCUT2D eigenvalue weighted by Crippen LogP contribution is 2.59. The van der Waals surface area contributed by atoms with Gasteiger partial charge < -0.3 is 114 Å². The molecule has 1 spiro atoms. The van der Waals surface area contributed by atoms with Crippen LogP contribution < -0.4 is 14.5 Å². The molecule has 4 saturated heterocycles. The third-order valence-electron chi connectivity index (χ3n) is 21.2. The van der Waals surface area contributed by atoms with E-state index in [-0.39, 0.29) is 57.3 Å². The Labute approximate surface area is 595 Å². The maximum Gasteiger partial charge on any atom is 0.255 e. The summed E-state index contributed by atoms with van der Waals surface area (Å²) < 4.78 is 47.7. The van der Waals surface area contributed by atoms with Crippen molar-refractivity contribution in [1.82, 2.24) is 64.6 Å². The highest BCUT2D eigenvalue weighted by molar-refractivity contribution is 6.02. The monoisotopic (exact) mass is 1450 g/mol. The van der Waals surface area contributed by atoms with Crippen LogP contribution in [0.25, 0.3) is 0 Å². The van der Waals surface area contributed by atoms with Gasteiger partial charge in [0.15, 0.2) is 25.0 Å². The lowest BCUT2D eigenvalue weighted by atomic mass is 9.74. The Balaban J connectivity index is 0.696. The highest BCUT2D eigenvalue weighted by Gasteiger charge is 2.69. The zero-order chi connectivity index (χ0) is 73.2. The molecule has 1 aliphatic carbocycles. The second kappa shape index (κ2) is 30.0. The van der Waals surface area contributed by atoms with Crippen molar-refractivity contribution in [2.75, 3.05) is 62.4 Å². The van der Waals surface area contributed by atoms with Gasteiger partial charge in [-0.15, -0.1) is 15.3 Å². The third kappa shape index (κ3) is 13.2. The Morgan fingerprint density at radius 3 is 1.70 bits per heavy atom. The number of amides is 1. The van der Waals surface area contributed by atoms with Crippen molar-refractivity contribution < 1.29 is 104 Å². The van der Waals surface area contributed by atoms with E-state index < -0.39 is 154 Å². The molecule has 5 fully saturated rings. The van der Waals surface area contributed by atoms with Gasteiger partial charge in [0.25, 0.3) is 5.91 Å². The Morgan fingerprint density at radius 2 is 1.10 bits per heavy atom. The molecule has 1 amide bonds. The maximum absolute atomic E-state index is 15.1. The number of fused-ring (bicyclic) bond motifs is 7. The lowest BCUT2D eigenvalue weighted by Gasteiger charge is -2.45. The first kappa shape index (κ1) is 73.3. The first-order valence-electron chi connectivity index (χ1n) is 35.1. The zero-order valence-corrected chi connectivity index (χ0v) is 57.5. The molecule has 20 atom stereocenters. The first-order valence-corrected chi connectivity index (χ1v) is 35.1. The van der Waals surface area contributed by atoms with E-state index in [1.54, 1.807) is 28.0 Å². The van der Waals surface area contributed by atoms with Gasteiger partial charge in [-0.3, -0.25) is 19.1 Å². The van der Waals surface area contributed by atoms with E-state index in [9.17, 15) is 66.4 Å². The quantitative estimate of drug-likeness (QED) is 0.0243. The van der Waals surface area contributed by atoms with Crippen molar-refractivity contribution in [1.29, 1.82) is 0 Å². The SMILES string of the molecule is CCN(CC)c1ccc2c(c1)Oc1cc(N(CC)CC)ccc1C21c2ccccc2C(=O)N1Cc1cn(CCn2cc(CN(Cc3cnn(C4OC(CO)C(OC5OC(CO)C(O)C6CC56O)C(O)C4O)c3)Cc3cn(C4OC(CO)C(OC5OC(CO)C(O)C(O)C5O)C(O)C4O)nn3)nn2)nn1. The minimum atomic E-state index is -1.87. The predicted molar refractivity (Wildman–Crippen MR) is 356 cm³/mol. The molecule has 0 radical (unpaired) electrons. The van der Waals surface area contributed by atoms with E-state index in [0.717, 1.165) is 58.9 Å². The summed E-state index contributed by atoms with van der Waals surface area (Å²) >= 11 is 0. The van der Waals surface area contributed by atoms with Gasteiger partial charge in [-0.25, -0.2) is 9.36 Å². The van der Waals surface area contributed by atoms with Crippen molar-refractivity contribution in [3.8, 4) is 11.5 Å². The second-order valence-corrected chi connectivity index (χ2v) is 27.4. The standard InChI is InChI=1S/C68H89N15O21/c1-5-77(6-2)39-13-15-43-46(19-39)98-47-20-40(78(7-3)8-4)14-16-44(47)68(43)42-12-10-9-11-41(42)62(96)81(68)29-38-28-80(74-71-38)18-17-79-27-36(70-73-79)25-76(26-37-30-83(75-72-37)64-58(94)55(91)60(50(33-86)100-64)103-65-59(95)54(90)53(89)49(32-85)101-65)23-35-22-69-82(24-35)63-57(93)56(92)61(51(34-87)99-63)104-66-67(97)21-45(67)52(88)48(31-84)102-66/h9-16,19-20,22,24,27-28,30,45,48-61,63-66,84-95,97H,5-8,17-18,21,23,25-26,29,31-34H2,1-4H3. The number of benzene rings is 3. The average molecular weight is 1450 g/mol. The molecule has 7 aliphatic rings. The third-order valence-corrected chi connectivity index (χ3v) is 21.2. The van der Waals surface area contributed by atoms with Gasteiger partial charge in [-0.1, -0.05) is 46.0 Å². The molecule has 7 aromatic rings. The number of aliphatic hydroxyl groups excluding tert-OH is 12. The molecular weight excluding hydrogens is 1360 g/mol. The number of hydrogen-bond donors (Lipinski definition) is 13. The van der Waals surface area contributed by atoms with Crippen LogP contribution >= 0.6 is 0 Å². The molecule has 10 heterocycles. The summed E-state index contributed by atoms with van der Waals surface area (Å²) in [4.78, 5) is 23.4. The summed E-state index contributed by atoms with van der Waals surface area (Å²) in [6.07, 6.45) is -19.9. The van der Waals surface area contributed by atoms with Gasteiger partial charge in [-0.2, -0.15) is 5.10 Å². The molecule has 13 N–H and O–H groups in total. The normalized spacial score (nSPS) is 31.9. The van der Waals surface area contributed by atoms with Crippen molar-refractivity contribution in [3.05, 3.63) is 137 Å². The Hall–Kier alpha value is -7.64.